The molecule has 2 amide bonds. The molecule has 1 aliphatic rings. The van der Waals surface area contributed by atoms with Crippen LogP contribution in [0, 0.1) is 11.6 Å². The van der Waals surface area contributed by atoms with Crippen molar-refractivity contribution < 1.29 is 23.1 Å². The normalized spacial score (nSPS) is 14.1. The Kier molecular flexibility index (Phi) is 7.38. The van der Waals surface area contributed by atoms with Gasteiger partial charge in [-0.25, -0.2) is 13.8 Å². The molecule has 0 bridgehead atoms. The Bertz CT molecular complexity index is 1150. The number of nitrogens with zero attached hydrogens (tertiary/aromatic N) is 2. The zero-order valence-corrected chi connectivity index (χ0v) is 18.5. The van der Waals surface area contributed by atoms with Crippen LogP contribution in [0.4, 0.5) is 20.2 Å². The van der Waals surface area contributed by atoms with Gasteiger partial charge in [-0.1, -0.05) is 12.1 Å². The number of benzene rings is 2. The second-order valence-electron chi connectivity index (χ2n) is 7.41. The van der Waals surface area contributed by atoms with Crippen LogP contribution in [0.5, 0.6) is 0 Å². The van der Waals surface area contributed by atoms with Gasteiger partial charge >= 0.3 is 0 Å². The number of thiazole rings is 1. The Morgan fingerprint density at radius 3 is 2.64 bits per heavy atom. The molecule has 2 N–H and O–H groups in total. The number of carbonyl (C=O) groups is 2. The number of nitrogens with one attached hydrogen (secondary N) is 2. The molecule has 1 fully saturated rings. The minimum atomic E-state index is -0.604. The number of amides is 2. The monoisotopic (exact) mass is 472 g/mol. The van der Waals surface area contributed by atoms with Crippen LogP contribution in [0.2, 0.25) is 0 Å². The van der Waals surface area contributed by atoms with Gasteiger partial charge < -0.3 is 15.4 Å². The van der Waals surface area contributed by atoms with Gasteiger partial charge in [0.2, 0.25) is 5.91 Å². The van der Waals surface area contributed by atoms with Crippen molar-refractivity contribution in [3.05, 3.63) is 65.2 Å². The average molecular weight is 473 g/mol. The highest BCUT2D eigenvalue weighted by atomic mass is 32.1. The van der Waals surface area contributed by atoms with Gasteiger partial charge in [-0.2, -0.15) is 0 Å². The van der Waals surface area contributed by atoms with E-state index in [4.69, 9.17) is 4.74 Å². The van der Waals surface area contributed by atoms with E-state index < -0.39 is 17.5 Å². The quantitative estimate of drug-likeness (QED) is 0.543. The molecule has 0 aliphatic carbocycles. The van der Waals surface area contributed by atoms with Crippen molar-refractivity contribution in [1.29, 1.82) is 0 Å². The van der Waals surface area contributed by atoms with Gasteiger partial charge in [-0.3, -0.25) is 14.5 Å². The molecule has 10 heteroatoms. The number of anilines is 2. The van der Waals surface area contributed by atoms with Crippen LogP contribution in [-0.4, -0.2) is 54.5 Å². The number of aromatic nitrogens is 1. The van der Waals surface area contributed by atoms with Gasteiger partial charge in [0, 0.05) is 37.3 Å². The maximum atomic E-state index is 14.2. The third-order valence-corrected chi connectivity index (χ3v) is 6.12. The second kappa shape index (κ2) is 10.6. The Labute approximate surface area is 193 Å². The van der Waals surface area contributed by atoms with E-state index in [0.29, 0.717) is 36.0 Å². The predicted octanol–water partition coefficient (Wildman–Crippen LogP) is 4.00. The molecule has 1 aliphatic heterocycles. The molecule has 4 rings (SSSR count). The summed E-state index contributed by atoms with van der Waals surface area (Å²) >= 11 is 1.05. The first-order chi connectivity index (χ1) is 16.0. The topological polar surface area (TPSA) is 83.6 Å². The molecule has 33 heavy (non-hydrogen) atoms. The highest BCUT2D eigenvalue weighted by Crippen LogP contribution is 2.28. The van der Waals surface area contributed by atoms with E-state index in [-0.39, 0.29) is 22.9 Å². The molecule has 1 saturated heterocycles. The lowest BCUT2D eigenvalue weighted by molar-refractivity contribution is -0.116. The van der Waals surface area contributed by atoms with Crippen LogP contribution in [0.15, 0.2) is 48.7 Å². The number of rotatable bonds is 7. The Hall–Kier alpha value is -3.21. The summed E-state index contributed by atoms with van der Waals surface area (Å²) < 4.78 is 33.5. The lowest BCUT2D eigenvalue weighted by atomic mass is 10.2. The van der Waals surface area contributed by atoms with Crippen LogP contribution >= 0.6 is 11.3 Å². The standard InChI is InChI=1S/C23H22F2N4O3S/c24-17-4-2-1-3-16(17)23-26-14-20(33-23)22(31)27-15-5-6-18(25)19(13-15)28-21(30)7-8-29-9-11-32-12-10-29/h1-6,13-14H,7-12H2,(H,27,31)(H,28,30). The highest BCUT2D eigenvalue weighted by molar-refractivity contribution is 7.17. The summed E-state index contributed by atoms with van der Waals surface area (Å²) in [5.74, 6) is -1.81. The van der Waals surface area contributed by atoms with Crippen LogP contribution < -0.4 is 10.6 Å². The van der Waals surface area contributed by atoms with Crippen LogP contribution in [0.25, 0.3) is 10.6 Å². The van der Waals surface area contributed by atoms with Crippen molar-refractivity contribution in [2.24, 2.45) is 0 Å². The van der Waals surface area contributed by atoms with E-state index in [1.165, 1.54) is 30.5 Å². The average Bonchev–Trinajstić information content (AvgIpc) is 3.31. The SMILES string of the molecule is O=C(CCN1CCOCC1)Nc1cc(NC(=O)c2cnc(-c3ccccc3F)s2)ccc1F. The Morgan fingerprint density at radius 1 is 1.06 bits per heavy atom. The van der Waals surface area contributed by atoms with Gasteiger partial charge in [-0.15, -0.1) is 11.3 Å². The molecular weight excluding hydrogens is 450 g/mol. The molecule has 1 aromatic heterocycles. The van der Waals surface area contributed by atoms with E-state index in [1.807, 2.05) is 0 Å². The number of carbonyl (C=O) groups excluding carboxylic acids is 2. The summed E-state index contributed by atoms with van der Waals surface area (Å²) in [6.45, 7) is 3.36. The van der Waals surface area contributed by atoms with Crippen molar-refractivity contribution in [2.45, 2.75) is 6.42 Å². The molecule has 0 radical (unpaired) electrons. The minimum absolute atomic E-state index is 0.0175. The molecule has 0 spiro atoms. The van der Waals surface area contributed by atoms with Gasteiger partial charge in [0.1, 0.15) is 21.5 Å². The maximum absolute atomic E-state index is 14.2. The summed E-state index contributed by atoms with van der Waals surface area (Å²) in [7, 11) is 0. The molecule has 0 saturated carbocycles. The van der Waals surface area contributed by atoms with Gasteiger partial charge in [0.25, 0.3) is 5.91 Å². The molecule has 0 atom stereocenters. The van der Waals surface area contributed by atoms with E-state index in [0.717, 1.165) is 24.4 Å². The van der Waals surface area contributed by atoms with Crippen molar-refractivity contribution in [3.8, 4) is 10.6 Å². The summed E-state index contributed by atoms with van der Waals surface area (Å²) in [5, 5.41) is 5.60. The van der Waals surface area contributed by atoms with Gasteiger partial charge in [-0.05, 0) is 30.3 Å². The second-order valence-corrected chi connectivity index (χ2v) is 8.44. The number of hydrogen-bond acceptors (Lipinski definition) is 6. The zero-order chi connectivity index (χ0) is 23.2. The number of ether oxygens (including phenoxy) is 1. The van der Waals surface area contributed by atoms with E-state index in [1.54, 1.807) is 18.2 Å². The first-order valence-corrected chi connectivity index (χ1v) is 11.2. The van der Waals surface area contributed by atoms with Crippen molar-refractivity contribution in [3.63, 3.8) is 0 Å². The van der Waals surface area contributed by atoms with Crippen molar-refractivity contribution in [2.75, 3.05) is 43.5 Å². The summed E-state index contributed by atoms with van der Waals surface area (Å²) in [6, 6.07) is 10.1. The number of morpholine rings is 1. The Morgan fingerprint density at radius 2 is 1.85 bits per heavy atom. The molecule has 172 valence electrons. The number of halogens is 2. The predicted molar refractivity (Wildman–Crippen MR) is 122 cm³/mol. The first-order valence-electron chi connectivity index (χ1n) is 10.4. The fraction of sp³-hybridized carbons (Fsp3) is 0.261. The van der Waals surface area contributed by atoms with Crippen LogP contribution in [0.1, 0.15) is 16.1 Å². The first kappa shape index (κ1) is 23.0. The fourth-order valence-electron chi connectivity index (χ4n) is 3.33. The molecule has 2 aromatic carbocycles. The fourth-order valence-corrected chi connectivity index (χ4v) is 4.17. The van der Waals surface area contributed by atoms with Crippen LogP contribution in [-0.2, 0) is 9.53 Å². The van der Waals surface area contributed by atoms with Crippen LogP contribution in [0.3, 0.4) is 0 Å². The lowest BCUT2D eigenvalue weighted by Crippen LogP contribution is -2.38. The van der Waals surface area contributed by atoms with Crippen molar-refractivity contribution in [1.82, 2.24) is 9.88 Å². The highest BCUT2D eigenvalue weighted by Gasteiger charge is 2.16. The van der Waals surface area contributed by atoms with Gasteiger partial charge in [0.05, 0.1) is 25.1 Å². The molecule has 3 aromatic rings. The largest absolute Gasteiger partial charge is 0.379 e. The summed E-state index contributed by atoms with van der Waals surface area (Å²) in [4.78, 5) is 31.4. The molecule has 7 nitrogen and oxygen atoms in total. The summed E-state index contributed by atoms with van der Waals surface area (Å²) in [6.07, 6.45) is 1.58. The van der Waals surface area contributed by atoms with E-state index in [9.17, 15) is 18.4 Å². The maximum Gasteiger partial charge on any atom is 0.267 e. The van der Waals surface area contributed by atoms with Crippen molar-refractivity contribution >= 4 is 34.5 Å². The smallest absolute Gasteiger partial charge is 0.267 e. The minimum Gasteiger partial charge on any atom is -0.379 e. The third kappa shape index (κ3) is 5.98. The number of hydrogen-bond donors (Lipinski definition) is 2. The van der Waals surface area contributed by atoms with E-state index in [2.05, 4.69) is 20.5 Å². The molecule has 0 unspecified atom stereocenters. The van der Waals surface area contributed by atoms with E-state index >= 15 is 0 Å². The van der Waals surface area contributed by atoms with Gasteiger partial charge in [0.15, 0.2) is 0 Å². The lowest BCUT2D eigenvalue weighted by Gasteiger charge is -2.26. The zero-order valence-electron chi connectivity index (χ0n) is 17.6. The molecular formula is C23H22F2N4O3S. The third-order valence-electron chi connectivity index (χ3n) is 5.09. The summed E-state index contributed by atoms with van der Waals surface area (Å²) in [5.41, 5.74) is 0.604. The Balaban J connectivity index is 1.38. The molecule has 2 heterocycles.